The average Bonchev–Trinajstić information content (AvgIpc) is 3.23. The van der Waals surface area contributed by atoms with Crippen LogP contribution in [0, 0.1) is 5.41 Å². The van der Waals surface area contributed by atoms with Crippen molar-refractivity contribution in [3.05, 3.63) is 47.6 Å². The van der Waals surface area contributed by atoms with Gasteiger partial charge in [-0.2, -0.15) is 4.98 Å². The van der Waals surface area contributed by atoms with Crippen LogP contribution in [0.25, 0.3) is 0 Å². The molecule has 0 spiro atoms. The number of amides is 1. The summed E-state index contributed by atoms with van der Waals surface area (Å²) in [7, 11) is 0. The molecule has 0 saturated heterocycles. The maximum absolute atomic E-state index is 12.1. The first kappa shape index (κ1) is 15.2. The number of aromatic nitrogens is 2. The number of nitrogens with one attached hydrogen (secondary N) is 1. The van der Waals surface area contributed by atoms with E-state index in [-0.39, 0.29) is 0 Å². The molecule has 1 atom stereocenters. The van der Waals surface area contributed by atoms with Gasteiger partial charge in [-0.15, -0.1) is 0 Å². The van der Waals surface area contributed by atoms with Crippen LogP contribution < -0.4 is 5.32 Å². The van der Waals surface area contributed by atoms with Gasteiger partial charge in [0, 0.05) is 0 Å². The Kier molecular flexibility index (Phi) is 3.85. The van der Waals surface area contributed by atoms with E-state index < -0.39 is 23.3 Å². The van der Waals surface area contributed by atoms with Crippen molar-refractivity contribution in [3.63, 3.8) is 0 Å². The van der Waals surface area contributed by atoms with Gasteiger partial charge in [0.1, 0.15) is 5.41 Å². The van der Waals surface area contributed by atoms with E-state index in [1.165, 1.54) is 0 Å². The van der Waals surface area contributed by atoms with E-state index in [0.29, 0.717) is 31.0 Å². The van der Waals surface area contributed by atoms with Crippen LogP contribution in [0.15, 0.2) is 34.9 Å². The molecule has 7 heteroatoms. The zero-order valence-electron chi connectivity index (χ0n) is 12.7. The number of carbonyl (C=O) groups excluding carboxylic acids is 1. The lowest BCUT2D eigenvalue weighted by Crippen LogP contribution is -2.38. The highest BCUT2D eigenvalue weighted by atomic mass is 16.5. The minimum absolute atomic E-state index is 0.338. The predicted molar refractivity (Wildman–Crippen MR) is 79.4 cm³/mol. The van der Waals surface area contributed by atoms with E-state index in [1.807, 2.05) is 30.3 Å². The van der Waals surface area contributed by atoms with Crippen molar-refractivity contribution in [3.8, 4) is 0 Å². The molecular formula is C16H17N3O4. The lowest BCUT2D eigenvalue weighted by atomic mass is 10.1. The van der Waals surface area contributed by atoms with Crippen molar-refractivity contribution in [2.24, 2.45) is 5.41 Å². The summed E-state index contributed by atoms with van der Waals surface area (Å²) in [5.41, 5.74) is -0.229. The summed E-state index contributed by atoms with van der Waals surface area (Å²) >= 11 is 0. The molecule has 1 heterocycles. The molecule has 1 aliphatic carbocycles. The number of carbonyl (C=O) groups is 2. The smallest absolute Gasteiger partial charge is 0.319 e. The van der Waals surface area contributed by atoms with Crippen LogP contribution in [0.5, 0.6) is 0 Å². The Labute approximate surface area is 132 Å². The van der Waals surface area contributed by atoms with Crippen molar-refractivity contribution >= 4 is 11.9 Å². The van der Waals surface area contributed by atoms with Crippen molar-refractivity contribution < 1.29 is 19.2 Å². The van der Waals surface area contributed by atoms with Crippen molar-refractivity contribution in [2.75, 3.05) is 0 Å². The fraction of sp³-hybridized carbons (Fsp3) is 0.375. The van der Waals surface area contributed by atoms with Crippen molar-refractivity contribution in [1.82, 2.24) is 15.5 Å². The van der Waals surface area contributed by atoms with Gasteiger partial charge in [0.2, 0.25) is 11.8 Å². The van der Waals surface area contributed by atoms with E-state index in [2.05, 4.69) is 15.5 Å². The Balaban J connectivity index is 1.63. The third kappa shape index (κ3) is 3.08. The van der Waals surface area contributed by atoms with Crippen LogP contribution in [-0.4, -0.2) is 27.1 Å². The molecule has 1 saturated carbocycles. The molecule has 2 aromatic rings. The minimum Gasteiger partial charge on any atom is -0.480 e. The Morgan fingerprint density at radius 2 is 2.04 bits per heavy atom. The first-order chi connectivity index (χ1) is 11.0. The standard InChI is InChI=1S/C16H17N3O4/c1-10(17-14(20)16(7-8-16)15(21)22)13-18-12(23-19-13)9-11-5-3-2-4-6-11/h2-6,10H,7-9H2,1H3,(H,17,20)(H,21,22). The lowest BCUT2D eigenvalue weighted by molar-refractivity contribution is -0.149. The van der Waals surface area contributed by atoms with Gasteiger partial charge in [-0.1, -0.05) is 35.5 Å². The molecular weight excluding hydrogens is 298 g/mol. The Morgan fingerprint density at radius 3 is 2.65 bits per heavy atom. The number of aliphatic carboxylic acids is 1. The summed E-state index contributed by atoms with van der Waals surface area (Å²) in [6.45, 7) is 1.70. The highest BCUT2D eigenvalue weighted by molar-refractivity contribution is 6.04. The highest BCUT2D eigenvalue weighted by Crippen LogP contribution is 2.46. The summed E-state index contributed by atoms with van der Waals surface area (Å²) in [6.07, 6.45) is 1.24. The molecule has 2 N–H and O–H groups in total. The van der Waals surface area contributed by atoms with Gasteiger partial charge >= 0.3 is 5.97 Å². The molecule has 1 aromatic heterocycles. The summed E-state index contributed by atoms with van der Waals surface area (Å²) in [4.78, 5) is 27.5. The summed E-state index contributed by atoms with van der Waals surface area (Å²) < 4.78 is 5.19. The maximum atomic E-state index is 12.1. The van der Waals surface area contributed by atoms with Crippen molar-refractivity contribution in [2.45, 2.75) is 32.2 Å². The number of hydrogen-bond acceptors (Lipinski definition) is 5. The third-order valence-electron chi connectivity index (χ3n) is 4.01. The number of carboxylic acids is 1. The van der Waals surface area contributed by atoms with Crippen LogP contribution >= 0.6 is 0 Å². The molecule has 1 unspecified atom stereocenters. The predicted octanol–water partition coefficient (Wildman–Crippen LogP) is 1.70. The second-order valence-corrected chi connectivity index (χ2v) is 5.79. The summed E-state index contributed by atoms with van der Waals surface area (Å²) in [5, 5.41) is 15.6. The Morgan fingerprint density at radius 1 is 1.35 bits per heavy atom. The third-order valence-corrected chi connectivity index (χ3v) is 4.01. The largest absolute Gasteiger partial charge is 0.480 e. The van der Waals surface area contributed by atoms with Gasteiger partial charge in [0.15, 0.2) is 5.82 Å². The lowest BCUT2D eigenvalue weighted by Gasteiger charge is -2.14. The van der Waals surface area contributed by atoms with E-state index in [0.717, 1.165) is 5.56 Å². The van der Waals surface area contributed by atoms with Crippen LogP contribution in [0.4, 0.5) is 0 Å². The molecule has 7 nitrogen and oxygen atoms in total. The molecule has 1 amide bonds. The van der Waals surface area contributed by atoms with Crippen LogP contribution in [-0.2, 0) is 16.0 Å². The second kappa shape index (κ2) is 5.83. The van der Waals surface area contributed by atoms with E-state index in [9.17, 15) is 9.59 Å². The number of benzene rings is 1. The van der Waals surface area contributed by atoms with Crippen LogP contribution in [0.2, 0.25) is 0 Å². The first-order valence-electron chi connectivity index (χ1n) is 7.42. The topological polar surface area (TPSA) is 105 Å². The summed E-state index contributed by atoms with van der Waals surface area (Å²) in [6, 6.07) is 9.19. The van der Waals surface area contributed by atoms with Gasteiger partial charge < -0.3 is 14.9 Å². The second-order valence-electron chi connectivity index (χ2n) is 5.79. The zero-order valence-corrected chi connectivity index (χ0v) is 12.7. The monoisotopic (exact) mass is 315 g/mol. The minimum atomic E-state index is -1.27. The number of nitrogens with zero attached hydrogens (tertiary/aromatic N) is 2. The summed E-state index contributed by atoms with van der Waals surface area (Å²) in [5.74, 6) is -0.788. The molecule has 3 rings (SSSR count). The number of hydrogen-bond donors (Lipinski definition) is 2. The maximum Gasteiger partial charge on any atom is 0.319 e. The zero-order chi connectivity index (χ0) is 16.4. The molecule has 1 fully saturated rings. The molecule has 0 bridgehead atoms. The van der Waals surface area contributed by atoms with E-state index >= 15 is 0 Å². The first-order valence-corrected chi connectivity index (χ1v) is 7.42. The quantitative estimate of drug-likeness (QED) is 0.786. The number of carboxylic acid groups (broad SMARTS) is 1. The fourth-order valence-electron chi connectivity index (χ4n) is 2.35. The van der Waals surface area contributed by atoms with Crippen LogP contribution in [0.1, 0.15) is 43.1 Å². The van der Waals surface area contributed by atoms with Gasteiger partial charge in [0.05, 0.1) is 12.5 Å². The number of rotatable bonds is 6. The van der Waals surface area contributed by atoms with Gasteiger partial charge in [-0.25, -0.2) is 0 Å². The average molecular weight is 315 g/mol. The Hall–Kier alpha value is -2.70. The molecule has 0 radical (unpaired) electrons. The molecule has 1 aromatic carbocycles. The van der Waals surface area contributed by atoms with Gasteiger partial charge in [0.25, 0.3) is 0 Å². The Bertz CT molecular complexity index is 722. The van der Waals surface area contributed by atoms with E-state index in [1.54, 1.807) is 6.92 Å². The van der Waals surface area contributed by atoms with Crippen LogP contribution in [0.3, 0.4) is 0 Å². The molecule has 23 heavy (non-hydrogen) atoms. The molecule has 1 aliphatic rings. The molecule has 0 aliphatic heterocycles. The van der Waals surface area contributed by atoms with Gasteiger partial charge in [-0.05, 0) is 25.3 Å². The van der Waals surface area contributed by atoms with Gasteiger partial charge in [-0.3, -0.25) is 9.59 Å². The van der Waals surface area contributed by atoms with E-state index in [4.69, 9.17) is 9.63 Å². The molecule has 120 valence electrons. The van der Waals surface area contributed by atoms with Crippen molar-refractivity contribution in [1.29, 1.82) is 0 Å². The SMILES string of the molecule is CC(NC(=O)C1(C(=O)O)CC1)c1noc(Cc2ccccc2)n1. The highest BCUT2D eigenvalue weighted by Gasteiger charge is 2.57. The fourth-order valence-corrected chi connectivity index (χ4v) is 2.35. The normalized spacial score (nSPS) is 16.6.